The molecule has 0 atom stereocenters. The van der Waals surface area contributed by atoms with E-state index in [1.54, 1.807) is 0 Å². The van der Waals surface area contributed by atoms with Crippen LogP contribution in [0, 0.1) is 17.0 Å². The number of halogens is 4. The van der Waals surface area contributed by atoms with Crippen LogP contribution in [0.4, 0.5) is 17.6 Å². The van der Waals surface area contributed by atoms with Gasteiger partial charge >= 0.3 is 7.12 Å². The van der Waals surface area contributed by atoms with Crippen LogP contribution in [-0.2, 0) is 9.31 Å². The van der Waals surface area contributed by atoms with Crippen molar-refractivity contribution in [1.82, 2.24) is 0 Å². The summed E-state index contributed by atoms with van der Waals surface area (Å²) in [5.74, 6) is -2.87. The molecular weight excluding hydrogens is 287 g/mol. The smallest absolute Gasteiger partial charge is 0.407 e. The van der Waals surface area contributed by atoms with Gasteiger partial charge in [0.15, 0.2) is 11.6 Å². The maximum absolute atomic E-state index is 13.5. The van der Waals surface area contributed by atoms with Gasteiger partial charge in [-0.05, 0) is 25.4 Å². The molecule has 116 valence electrons. The van der Waals surface area contributed by atoms with Crippen LogP contribution in [0.15, 0.2) is 12.1 Å². The van der Waals surface area contributed by atoms with Gasteiger partial charge in [-0.3, -0.25) is 0 Å². The van der Waals surface area contributed by atoms with E-state index in [9.17, 15) is 17.6 Å². The third-order valence-corrected chi connectivity index (χ3v) is 4.21. The molecule has 0 aliphatic carbocycles. The minimum absolute atomic E-state index is 0.0489. The summed E-state index contributed by atoms with van der Waals surface area (Å²) in [6, 6.07) is 1.72. The molecule has 7 heteroatoms. The monoisotopic (exact) mass is 304 g/mol. The molecule has 0 bridgehead atoms. The molecule has 1 aliphatic heterocycles. The number of rotatable bonds is 2. The summed E-state index contributed by atoms with van der Waals surface area (Å²) < 4.78 is 63.5. The van der Waals surface area contributed by atoms with Gasteiger partial charge in [0.05, 0.1) is 11.2 Å². The zero-order valence-electron chi connectivity index (χ0n) is 12.3. The molecule has 0 spiro atoms. The molecule has 1 saturated heterocycles. The van der Waals surface area contributed by atoms with Crippen LogP contribution in [0.1, 0.15) is 39.7 Å². The Morgan fingerprint density at radius 3 is 2.29 bits per heavy atom. The highest BCUT2D eigenvalue weighted by Gasteiger charge is 2.47. The Kier molecular flexibility index (Phi) is 4.10. The largest absolute Gasteiger partial charge is 0.494 e. The van der Waals surface area contributed by atoms with Crippen LogP contribution >= 0.6 is 0 Å². The van der Waals surface area contributed by atoms with Crippen LogP contribution in [0.2, 0.25) is 0 Å². The molecule has 0 radical (unpaired) electrons. The van der Waals surface area contributed by atoms with Gasteiger partial charge in [-0.15, -0.1) is 0 Å². The first-order chi connectivity index (χ1) is 9.55. The second-order valence-electron chi connectivity index (χ2n) is 6.36. The summed E-state index contributed by atoms with van der Waals surface area (Å²) >= 11 is 0. The SMILES string of the molecule is CC1(C)COB(c2cc(F)c(F)c(C(F)F)c2)OC1(C)C. The van der Waals surface area contributed by atoms with Crippen molar-refractivity contribution in [3.05, 3.63) is 29.3 Å². The van der Waals surface area contributed by atoms with Crippen molar-refractivity contribution in [3.63, 3.8) is 0 Å². The van der Waals surface area contributed by atoms with Crippen molar-refractivity contribution in [3.8, 4) is 0 Å². The average molecular weight is 304 g/mol. The summed E-state index contributed by atoms with van der Waals surface area (Å²) in [6.45, 7) is 7.89. The lowest BCUT2D eigenvalue weighted by molar-refractivity contribution is -0.0937. The molecule has 0 saturated carbocycles. The maximum atomic E-state index is 13.5. The van der Waals surface area contributed by atoms with Crippen molar-refractivity contribution < 1.29 is 26.9 Å². The standard InChI is InChI=1S/C14H17BF4O2/c1-13(2)7-20-15(21-14(13,3)4)8-5-9(12(18)19)11(17)10(16)6-8/h5-6,12H,7H2,1-4H3. The molecule has 0 unspecified atom stereocenters. The number of benzene rings is 1. The Morgan fingerprint density at radius 1 is 1.14 bits per heavy atom. The highest BCUT2D eigenvalue weighted by atomic mass is 19.3. The first kappa shape index (κ1) is 16.3. The molecule has 2 nitrogen and oxygen atoms in total. The van der Waals surface area contributed by atoms with Crippen molar-refractivity contribution >= 4 is 12.6 Å². The van der Waals surface area contributed by atoms with Gasteiger partial charge in [0.25, 0.3) is 6.43 Å². The van der Waals surface area contributed by atoms with E-state index >= 15 is 0 Å². The summed E-state index contributed by atoms with van der Waals surface area (Å²) in [5.41, 5.74) is -1.84. The zero-order chi connectivity index (χ0) is 16.0. The van der Waals surface area contributed by atoms with Crippen LogP contribution in [-0.4, -0.2) is 19.3 Å². The van der Waals surface area contributed by atoms with E-state index in [-0.39, 0.29) is 10.9 Å². The molecule has 21 heavy (non-hydrogen) atoms. The van der Waals surface area contributed by atoms with E-state index in [0.29, 0.717) is 6.61 Å². The molecule has 0 amide bonds. The maximum Gasteiger partial charge on any atom is 0.494 e. The Bertz CT molecular complexity index is 546. The van der Waals surface area contributed by atoms with Crippen molar-refractivity contribution in [1.29, 1.82) is 0 Å². The van der Waals surface area contributed by atoms with Gasteiger partial charge in [-0.25, -0.2) is 17.6 Å². The fourth-order valence-corrected chi connectivity index (χ4v) is 2.01. The van der Waals surface area contributed by atoms with Crippen LogP contribution in [0.25, 0.3) is 0 Å². The van der Waals surface area contributed by atoms with Gasteiger partial charge < -0.3 is 9.31 Å². The normalized spacial score (nSPS) is 20.9. The lowest BCUT2D eigenvalue weighted by Gasteiger charge is -2.47. The Morgan fingerprint density at radius 2 is 1.76 bits per heavy atom. The van der Waals surface area contributed by atoms with Crippen molar-refractivity contribution in [2.24, 2.45) is 5.41 Å². The molecule has 1 fully saturated rings. The third-order valence-electron chi connectivity index (χ3n) is 4.21. The molecule has 2 rings (SSSR count). The first-order valence-corrected chi connectivity index (χ1v) is 6.61. The van der Waals surface area contributed by atoms with E-state index in [2.05, 4.69) is 0 Å². The minimum Gasteiger partial charge on any atom is -0.407 e. The van der Waals surface area contributed by atoms with Gasteiger partial charge in [0.2, 0.25) is 0 Å². The minimum atomic E-state index is -3.10. The van der Waals surface area contributed by atoms with Crippen LogP contribution in [0.5, 0.6) is 0 Å². The molecule has 1 aliphatic rings. The summed E-state index contributed by atoms with van der Waals surface area (Å²) in [4.78, 5) is 0. The third kappa shape index (κ3) is 2.94. The number of alkyl halides is 2. The predicted octanol–water partition coefficient (Wildman–Crippen LogP) is 3.45. The van der Waals surface area contributed by atoms with Gasteiger partial charge in [0, 0.05) is 12.0 Å². The lowest BCUT2D eigenvalue weighted by Crippen LogP contribution is -2.58. The van der Waals surface area contributed by atoms with Gasteiger partial charge in [-0.1, -0.05) is 19.9 Å². The van der Waals surface area contributed by atoms with E-state index in [4.69, 9.17) is 9.31 Å². The molecular formula is C14H17BF4O2. The number of hydrogen-bond acceptors (Lipinski definition) is 2. The molecule has 1 aromatic rings. The molecule has 1 heterocycles. The predicted molar refractivity (Wildman–Crippen MR) is 71.6 cm³/mol. The summed E-state index contributed by atoms with van der Waals surface area (Å²) in [7, 11) is -0.999. The second-order valence-corrected chi connectivity index (χ2v) is 6.36. The zero-order valence-corrected chi connectivity index (χ0v) is 12.3. The van der Waals surface area contributed by atoms with E-state index in [1.807, 2.05) is 27.7 Å². The van der Waals surface area contributed by atoms with E-state index in [0.717, 1.165) is 12.1 Å². The average Bonchev–Trinajstić information content (AvgIpc) is 2.35. The molecule has 0 N–H and O–H groups in total. The fourth-order valence-electron chi connectivity index (χ4n) is 2.01. The fraction of sp³-hybridized carbons (Fsp3) is 0.571. The van der Waals surface area contributed by atoms with Crippen LogP contribution < -0.4 is 5.46 Å². The summed E-state index contributed by atoms with van der Waals surface area (Å²) in [6.07, 6.45) is -3.10. The quantitative estimate of drug-likeness (QED) is 0.615. The van der Waals surface area contributed by atoms with Crippen molar-refractivity contribution in [2.75, 3.05) is 6.61 Å². The topological polar surface area (TPSA) is 18.5 Å². The highest BCUT2D eigenvalue weighted by Crippen LogP contribution is 2.38. The highest BCUT2D eigenvalue weighted by molar-refractivity contribution is 6.61. The van der Waals surface area contributed by atoms with Crippen LogP contribution in [0.3, 0.4) is 0 Å². The summed E-state index contributed by atoms with van der Waals surface area (Å²) in [5, 5.41) is 0. The van der Waals surface area contributed by atoms with E-state index in [1.165, 1.54) is 0 Å². The lowest BCUT2D eigenvalue weighted by atomic mass is 9.69. The number of hydrogen-bond donors (Lipinski definition) is 0. The Balaban J connectivity index is 2.36. The van der Waals surface area contributed by atoms with Gasteiger partial charge in [0.1, 0.15) is 0 Å². The van der Waals surface area contributed by atoms with E-state index < -0.39 is 36.3 Å². The second kappa shape index (κ2) is 5.28. The van der Waals surface area contributed by atoms with Gasteiger partial charge in [-0.2, -0.15) is 0 Å². The molecule has 1 aromatic carbocycles. The first-order valence-electron chi connectivity index (χ1n) is 6.61. The van der Waals surface area contributed by atoms with Crippen molar-refractivity contribution in [2.45, 2.75) is 39.7 Å². The Hall–Kier alpha value is -1.08. The Labute approximate surface area is 121 Å². The molecule has 0 aromatic heterocycles.